The molecule has 0 aliphatic heterocycles. The lowest BCUT2D eigenvalue weighted by Crippen LogP contribution is -2.39. The summed E-state index contributed by atoms with van der Waals surface area (Å²) >= 11 is 0. The third kappa shape index (κ3) is 6.43. The largest absolute Gasteiger partial charge is 0.493 e. The van der Waals surface area contributed by atoms with Gasteiger partial charge in [-0.2, -0.15) is 13.2 Å². The van der Waals surface area contributed by atoms with E-state index in [-0.39, 0.29) is 18.3 Å². The average Bonchev–Trinajstić information content (AvgIpc) is 2.81. The normalized spacial score (nSPS) is 11.3. The molecule has 0 unspecified atom stereocenters. The monoisotopic (exact) mass is 472 g/mol. The van der Waals surface area contributed by atoms with Gasteiger partial charge in [0.25, 0.3) is 0 Å². The number of nitrogens with one attached hydrogen (secondary N) is 1. The second-order valence-electron chi connectivity index (χ2n) is 7.95. The summed E-state index contributed by atoms with van der Waals surface area (Å²) in [5.74, 6) is 1.05. The Labute approximate surface area is 197 Å². The van der Waals surface area contributed by atoms with Gasteiger partial charge < -0.3 is 19.7 Å². The number of anilines is 1. The predicted molar refractivity (Wildman–Crippen MR) is 125 cm³/mol. The number of ether oxygens (including phenoxy) is 2. The van der Waals surface area contributed by atoms with Crippen molar-refractivity contribution in [2.24, 2.45) is 0 Å². The first kappa shape index (κ1) is 25.0. The Morgan fingerprint density at radius 2 is 1.62 bits per heavy atom. The van der Waals surface area contributed by atoms with Crippen molar-refractivity contribution >= 4 is 11.7 Å². The minimum Gasteiger partial charge on any atom is -0.493 e. The summed E-state index contributed by atoms with van der Waals surface area (Å²) in [4.78, 5) is 14.4. The van der Waals surface area contributed by atoms with Crippen molar-refractivity contribution < 1.29 is 27.4 Å². The van der Waals surface area contributed by atoms with Crippen LogP contribution in [0.4, 0.5) is 23.7 Å². The van der Waals surface area contributed by atoms with Crippen LogP contribution in [0.3, 0.4) is 0 Å². The Bertz CT molecular complexity index is 1100. The van der Waals surface area contributed by atoms with Gasteiger partial charge in [0.05, 0.1) is 18.4 Å². The molecule has 0 radical (unpaired) electrons. The molecule has 0 aliphatic rings. The summed E-state index contributed by atoms with van der Waals surface area (Å²) in [6.45, 7) is 4.14. The maximum absolute atomic E-state index is 13.3. The Hall–Kier alpha value is -3.68. The minimum absolute atomic E-state index is 0.174. The standard InChI is InChI=1S/C26H27F3N2O3/c1-18(2)31(25(32)30-22-12-8-7-11-21(22)26(27,28)29)16-20-13-14-23(24(15-20)33-3)34-17-19-9-5-4-6-10-19/h4-15,18H,16-17H2,1-3H3,(H,30,32). The average molecular weight is 473 g/mol. The number of para-hydroxylation sites is 1. The van der Waals surface area contributed by atoms with Gasteiger partial charge in [-0.1, -0.05) is 48.5 Å². The van der Waals surface area contributed by atoms with Gasteiger partial charge in [-0.25, -0.2) is 4.79 Å². The lowest BCUT2D eigenvalue weighted by atomic mass is 10.1. The van der Waals surface area contributed by atoms with E-state index in [1.807, 2.05) is 30.3 Å². The molecule has 3 rings (SSSR count). The quantitative estimate of drug-likeness (QED) is 0.395. The van der Waals surface area contributed by atoms with E-state index in [4.69, 9.17) is 9.47 Å². The third-order valence-corrected chi connectivity index (χ3v) is 5.18. The number of rotatable bonds is 8. The van der Waals surface area contributed by atoms with Crippen LogP contribution < -0.4 is 14.8 Å². The summed E-state index contributed by atoms with van der Waals surface area (Å²) in [6, 6.07) is 19.0. The number of carbonyl (C=O) groups is 1. The van der Waals surface area contributed by atoms with E-state index in [2.05, 4.69) is 5.32 Å². The second kappa shape index (κ2) is 11.0. The number of urea groups is 1. The smallest absolute Gasteiger partial charge is 0.418 e. The Morgan fingerprint density at radius 1 is 0.941 bits per heavy atom. The first-order valence-electron chi connectivity index (χ1n) is 10.8. The second-order valence-corrected chi connectivity index (χ2v) is 7.95. The highest BCUT2D eigenvalue weighted by molar-refractivity contribution is 5.90. The van der Waals surface area contributed by atoms with Crippen LogP contribution >= 0.6 is 0 Å². The number of halogens is 3. The predicted octanol–water partition coefficient (Wildman–Crippen LogP) is 6.74. The van der Waals surface area contributed by atoms with E-state index >= 15 is 0 Å². The fourth-order valence-corrected chi connectivity index (χ4v) is 3.38. The number of alkyl halides is 3. The zero-order chi connectivity index (χ0) is 24.7. The van der Waals surface area contributed by atoms with Crippen LogP contribution in [0.2, 0.25) is 0 Å². The first-order valence-corrected chi connectivity index (χ1v) is 10.8. The molecule has 0 aromatic heterocycles. The molecule has 0 heterocycles. The number of nitrogens with zero attached hydrogens (tertiary/aromatic N) is 1. The van der Waals surface area contributed by atoms with E-state index in [9.17, 15) is 18.0 Å². The van der Waals surface area contributed by atoms with Gasteiger partial charge in [-0.05, 0) is 49.2 Å². The van der Waals surface area contributed by atoms with Crippen LogP contribution in [0, 0.1) is 0 Å². The molecule has 2 amide bonds. The van der Waals surface area contributed by atoms with Gasteiger partial charge in [0.2, 0.25) is 0 Å². The van der Waals surface area contributed by atoms with Crippen molar-refractivity contribution in [2.45, 2.75) is 39.2 Å². The summed E-state index contributed by atoms with van der Waals surface area (Å²) in [7, 11) is 1.52. The number of hydrogen-bond acceptors (Lipinski definition) is 3. The topological polar surface area (TPSA) is 50.8 Å². The number of carbonyl (C=O) groups excluding carboxylic acids is 1. The molecule has 8 heteroatoms. The number of methoxy groups -OCH3 is 1. The van der Waals surface area contributed by atoms with Crippen LogP contribution in [0.5, 0.6) is 11.5 Å². The molecule has 180 valence electrons. The van der Waals surface area contributed by atoms with Crippen molar-refractivity contribution in [3.05, 3.63) is 89.5 Å². The molecule has 0 saturated heterocycles. The molecule has 0 fully saturated rings. The summed E-state index contributed by atoms with van der Waals surface area (Å²) in [5, 5.41) is 2.41. The van der Waals surface area contributed by atoms with Gasteiger partial charge >= 0.3 is 12.2 Å². The summed E-state index contributed by atoms with van der Waals surface area (Å²) in [6.07, 6.45) is -4.57. The van der Waals surface area contributed by atoms with Crippen LogP contribution in [-0.2, 0) is 19.3 Å². The van der Waals surface area contributed by atoms with Gasteiger partial charge in [0.1, 0.15) is 6.61 Å². The molecule has 5 nitrogen and oxygen atoms in total. The summed E-state index contributed by atoms with van der Waals surface area (Å²) < 4.78 is 51.2. The van der Waals surface area contributed by atoms with Crippen LogP contribution in [0.1, 0.15) is 30.5 Å². The zero-order valence-electron chi connectivity index (χ0n) is 19.2. The molecule has 0 aliphatic carbocycles. The lowest BCUT2D eigenvalue weighted by Gasteiger charge is -2.28. The Morgan fingerprint density at radius 3 is 2.26 bits per heavy atom. The lowest BCUT2D eigenvalue weighted by molar-refractivity contribution is -0.136. The molecule has 0 bridgehead atoms. The Kier molecular flexibility index (Phi) is 8.04. The van der Waals surface area contributed by atoms with Gasteiger partial charge in [0, 0.05) is 12.6 Å². The van der Waals surface area contributed by atoms with E-state index in [0.717, 1.165) is 17.2 Å². The van der Waals surface area contributed by atoms with Gasteiger partial charge in [-0.15, -0.1) is 0 Å². The summed E-state index contributed by atoms with van der Waals surface area (Å²) in [5.41, 5.74) is 0.578. The van der Waals surface area contributed by atoms with Crippen molar-refractivity contribution in [3.63, 3.8) is 0 Å². The van der Waals surface area contributed by atoms with Crippen molar-refractivity contribution in [1.82, 2.24) is 4.90 Å². The van der Waals surface area contributed by atoms with E-state index in [1.165, 1.54) is 30.2 Å². The van der Waals surface area contributed by atoms with Crippen molar-refractivity contribution in [1.29, 1.82) is 0 Å². The molecular formula is C26H27F3N2O3. The first-order chi connectivity index (χ1) is 16.2. The van der Waals surface area contributed by atoms with Crippen LogP contribution in [0.15, 0.2) is 72.8 Å². The molecule has 3 aromatic rings. The zero-order valence-corrected chi connectivity index (χ0v) is 19.2. The van der Waals surface area contributed by atoms with Crippen LogP contribution in [-0.4, -0.2) is 24.1 Å². The van der Waals surface area contributed by atoms with Crippen molar-refractivity contribution in [2.75, 3.05) is 12.4 Å². The minimum atomic E-state index is -4.57. The fraction of sp³-hybridized carbons (Fsp3) is 0.269. The number of benzene rings is 3. The van der Waals surface area contributed by atoms with Crippen LogP contribution in [0.25, 0.3) is 0 Å². The molecule has 3 aromatic carbocycles. The maximum atomic E-state index is 13.3. The molecule has 1 N–H and O–H groups in total. The van der Waals surface area contributed by atoms with E-state index in [1.54, 1.807) is 32.0 Å². The SMILES string of the molecule is COc1cc(CN(C(=O)Nc2ccccc2C(F)(F)F)C(C)C)ccc1OCc1ccccc1. The molecule has 0 atom stereocenters. The number of amides is 2. The van der Waals surface area contributed by atoms with Gasteiger partial charge in [-0.3, -0.25) is 0 Å². The van der Waals surface area contributed by atoms with E-state index < -0.39 is 17.8 Å². The fourth-order valence-electron chi connectivity index (χ4n) is 3.38. The maximum Gasteiger partial charge on any atom is 0.418 e. The molecule has 0 saturated carbocycles. The van der Waals surface area contributed by atoms with E-state index in [0.29, 0.717) is 18.1 Å². The highest BCUT2D eigenvalue weighted by atomic mass is 19.4. The highest BCUT2D eigenvalue weighted by Gasteiger charge is 2.34. The highest BCUT2D eigenvalue weighted by Crippen LogP contribution is 2.35. The third-order valence-electron chi connectivity index (χ3n) is 5.18. The molecule has 0 spiro atoms. The molecular weight excluding hydrogens is 445 g/mol. The van der Waals surface area contributed by atoms with Gasteiger partial charge in [0.15, 0.2) is 11.5 Å². The van der Waals surface area contributed by atoms with Crippen molar-refractivity contribution in [3.8, 4) is 11.5 Å². The number of hydrogen-bond donors (Lipinski definition) is 1. The molecule has 34 heavy (non-hydrogen) atoms. The Balaban J connectivity index is 1.74.